The van der Waals surface area contributed by atoms with E-state index < -0.39 is 0 Å². The first kappa shape index (κ1) is 9.43. The molecule has 0 N–H and O–H groups in total. The second-order valence-electron chi connectivity index (χ2n) is 2.58. The van der Waals surface area contributed by atoms with Crippen molar-refractivity contribution < 1.29 is 9.53 Å². The highest BCUT2D eigenvalue weighted by atomic mass is 16.5. The smallest absolute Gasteiger partial charge is 0.319 e. The number of likely N-dealkylation sites (N-methyl/N-ethyl adjacent to an activating group) is 1. The Kier molecular flexibility index (Phi) is 4.03. The Morgan fingerprint density at radius 1 is 1.60 bits per heavy atom. The van der Waals surface area contributed by atoms with E-state index in [0.29, 0.717) is 12.6 Å². The summed E-state index contributed by atoms with van der Waals surface area (Å²) in [4.78, 5) is 12.6. The van der Waals surface area contributed by atoms with Crippen molar-refractivity contribution in [3.8, 4) is 0 Å². The molecule has 0 aromatic rings. The lowest BCUT2D eigenvalue weighted by molar-refractivity contribution is -0.141. The highest BCUT2D eigenvalue weighted by molar-refractivity contribution is 5.71. The molecule has 60 valence electrons. The highest BCUT2D eigenvalue weighted by Crippen LogP contribution is 1.92. The molecule has 0 saturated carbocycles. The van der Waals surface area contributed by atoms with E-state index >= 15 is 0 Å². The number of carbonyl (C=O) groups is 1. The van der Waals surface area contributed by atoms with Gasteiger partial charge in [0.05, 0.1) is 13.7 Å². The summed E-state index contributed by atoms with van der Waals surface area (Å²) in [6, 6.07) is 0.388. The fraction of sp³-hybridized carbons (Fsp3) is 0.857. The Morgan fingerprint density at radius 2 is 2.10 bits per heavy atom. The summed E-state index contributed by atoms with van der Waals surface area (Å²) < 4.78 is 4.49. The zero-order valence-corrected chi connectivity index (χ0v) is 7.05. The molecule has 0 aliphatic carbocycles. The lowest BCUT2D eigenvalue weighted by Crippen LogP contribution is -2.32. The lowest BCUT2D eigenvalue weighted by atomic mass is 10.3. The van der Waals surface area contributed by atoms with Crippen molar-refractivity contribution in [2.24, 2.45) is 0 Å². The van der Waals surface area contributed by atoms with Crippen LogP contribution in [0.15, 0.2) is 0 Å². The molecule has 0 unspecified atom stereocenters. The summed E-state index contributed by atoms with van der Waals surface area (Å²) >= 11 is 0. The first-order valence-corrected chi connectivity index (χ1v) is 3.35. The standard InChI is InChI=1S/C7H15NO2/c1-6(2)8(3)5-7(9)10-4/h6H,5H2,1-4H3. The second-order valence-corrected chi connectivity index (χ2v) is 2.58. The quantitative estimate of drug-likeness (QED) is 0.542. The van der Waals surface area contributed by atoms with Crippen LogP contribution in [0.5, 0.6) is 0 Å². The second kappa shape index (κ2) is 4.28. The summed E-state index contributed by atoms with van der Waals surface area (Å²) in [7, 11) is 3.29. The molecule has 0 heterocycles. The molecule has 0 atom stereocenters. The minimum absolute atomic E-state index is 0.184. The Balaban J connectivity index is 3.57. The number of esters is 1. The maximum absolute atomic E-state index is 10.7. The fourth-order valence-electron chi connectivity index (χ4n) is 0.451. The third-order valence-electron chi connectivity index (χ3n) is 1.49. The van der Waals surface area contributed by atoms with Crippen LogP contribution in [0, 0.1) is 0 Å². The molecule has 0 amide bonds. The van der Waals surface area contributed by atoms with Crippen LogP contribution < -0.4 is 0 Å². The van der Waals surface area contributed by atoms with Gasteiger partial charge < -0.3 is 4.74 Å². The lowest BCUT2D eigenvalue weighted by Gasteiger charge is -2.18. The molecular weight excluding hydrogens is 130 g/mol. The molecule has 0 radical (unpaired) electrons. The predicted octanol–water partition coefficient (Wildman–Crippen LogP) is 0.500. The number of nitrogens with zero attached hydrogens (tertiary/aromatic N) is 1. The minimum Gasteiger partial charge on any atom is -0.468 e. The number of rotatable bonds is 3. The molecule has 10 heavy (non-hydrogen) atoms. The SMILES string of the molecule is COC(=O)CN(C)C(C)C. The molecule has 0 aliphatic rings. The van der Waals surface area contributed by atoms with E-state index in [9.17, 15) is 4.79 Å². The van der Waals surface area contributed by atoms with Gasteiger partial charge in [0.15, 0.2) is 0 Å². The number of methoxy groups -OCH3 is 1. The monoisotopic (exact) mass is 145 g/mol. The van der Waals surface area contributed by atoms with E-state index in [4.69, 9.17) is 0 Å². The Hall–Kier alpha value is -0.570. The van der Waals surface area contributed by atoms with Gasteiger partial charge in [-0.05, 0) is 20.9 Å². The molecule has 0 aromatic heterocycles. The van der Waals surface area contributed by atoms with Gasteiger partial charge in [-0.25, -0.2) is 0 Å². The molecular formula is C7H15NO2. The molecule has 0 aliphatic heterocycles. The van der Waals surface area contributed by atoms with Gasteiger partial charge >= 0.3 is 5.97 Å². The van der Waals surface area contributed by atoms with E-state index in [1.165, 1.54) is 7.11 Å². The van der Waals surface area contributed by atoms with Crippen molar-refractivity contribution in [2.45, 2.75) is 19.9 Å². The van der Waals surface area contributed by atoms with Crippen molar-refractivity contribution >= 4 is 5.97 Å². The normalized spacial score (nSPS) is 10.6. The minimum atomic E-state index is -0.184. The number of ether oxygens (including phenoxy) is 1. The molecule has 0 rings (SSSR count). The first-order valence-electron chi connectivity index (χ1n) is 3.35. The van der Waals surface area contributed by atoms with Crippen molar-refractivity contribution in [3.05, 3.63) is 0 Å². The van der Waals surface area contributed by atoms with Crippen molar-refractivity contribution in [3.63, 3.8) is 0 Å². The third-order valence-corrected chi connectivity index (χ3v) is 1.49. The summed E-state index contributed by atoms with van der Waals surface area (Å²) in [5.74, 6) is -0.184. The topological polar surface area (TPSA) is 29.5 Å². The van der Waals surface area contributed by atoms with E-state index in [-0.39, 0.29) is 5.97 Å². The van der Waals surface area contributed by atoms with Crippen LogP contribution in [-0.2, 0) is 9.53 Å². The van der Waals surface area contributed by atoms with Gasteiger partial charge in [0.2, 0.25) is 0 Å². The molecule has 3 nitrogen and oxygen atoms in total. The van der Waals surface area contributed by atoms with Gasteiger partial charge in [-0.2, -0.15) is 0 Å². The van der Waals surface area contributed by atoms with E-state index in [1.54, 1.807) is 0 Å². The molecule has 0 saturated heterocycles. The first-order chi connectivity index (χ1) is 4.57. The zero-order chi connectivity index (χ0) is 8.15. The van der Waals surface area contributed by atoms with Crippen LogP contribution in [0.25, 0.3) is 0 Å². The van der Waals surface area contributed by atoms with Gasteiger partial charge in [0.1, 0.15) is 0 Å². The van der Waals surface area contributed by atoms with Crippen LogP contribution >= 0.6 is 0 Å². The molecule has 3 heteroatoms. The Bertz CT molecular complexity index is 112. The van der Waals surface area contributed by atoms with Gasteiger partial charge in [-0.15, -0.1) is 0 Å². The summed E-state index contributed by atoms with van der Waals surface area (Å²) in [5, 5.41) is 0. The van der Waals surface area contributed by atoms with Gasteiger partial charge in [-0.3, -0.25) is 9.69 Å². The van der Waals surface area contributed by atoms with Gasteiger partial charge in [0, 0.05) is 6.04 Å². The van der Waals surface area contributed by atoms with Crippen molar-refractivity contribution in [2.75, 3.05) is 20.7 Å². The number of hydrogen-bond donors (Lipinski definition) is 0. The van der Waals surface area contributed by atoms with Crippen LogP contribution in [-0.4, -0.2) is 37.6 Å². The zero-order valence-electron chi connectivity index (χ0n) is 7.05. The largest absolute Gasteiger partial charge is 0.468 e. The van der Waals surface area contributed by atoms with Crippen molar-refractivity contribution in [1.82, 2.24) is 4.90 Å². The van der Waals surface area contributed by atoms with Crippen LogP contribution in [0.1, 0.15) is 13.8 Å². The molecule has 0 aromatic carbocycles. The average molecular weight is 145 g/mol. The van der Waals surface area contributed by atoms with E-state index in [1.807, 2.05) is 25.8 Å². The molecule has 0 fully saturated rings. The molecule has 0 spiro atoms. The van der Waals surface area contributed by atoms with Crippen LogP contribution in [0.2, 0.25) is 0 Å². The van der Waals surface area contributed by atoms with Gasteiger partial charge in [0.25, 0.3) is 0 Å². The Labute approximate surface area is 62.0 Å². The van der Waals surface area contributed by atoms with Crippen molar-refractivity contribution in [1.29, 1.82) is 0 Å². The maximum Gasteiger partial charge on any atom is 0.319 e. The highest BCUT2D eigenvalue weighted by Gasteiger charge is 2.07. The van der Waals surface area contributed by atoms with Crippen LogP contribution in [0.3, 0.4) is 0 Å². The van der Waals surface area contributed by atoms with Gasteiger partial charge in [-0.1, -0.05) is 0 Å². The summed E-state index contributed by atoms with van der Waals surface area (Å²) in [6.07, 6.45) is 0. The average Bonchev–Trinajstić information content (AvgIpc) is 1.87. The maximum atomic E-state index is 10.7. The fourth-order valence-corrected chi connectivity index (χ4v) is 0.451. The molecule has 0 bridgehead atoms. The van der Waals surface area contributed by atoms with E-state index in [2.05, 4.69) is 4.74 Å². The third kappa shape index (κ3) is 3.45. The van der Waals surface area contributed by atoms with Crippen LogP contribution in [0.4, 0.5) is 0 Å². The number of carbonyl (C=O) groups excluding carboxylic acids is 1. The summed E-state index contributed by atoms with van der Waals surface area (Å²) in [6.45, 7) is 4.43. The Morgan fingerprint density at radius 3 is 2.40 bits per heavy atom. The summed E-state index contributed by atoms with van der Waals surface area (Å²) in [5.41, 5.74) is 0. The predicted molar refractivity (Wildman–Crippen MR) is 39.8 cm³/mol. The van der Waals surface area contributed by atoms with E-state index in [0.717, 1.165) is 0 Å². The number of hydrogen-bond acceptors (Lipinski definition) is 3.